The molecule has 0 bridgehead atoms. The van der Waals surface area contributed by atoms with Crippen molar-refractivity contribution in [1.82, 2.24) is 10.2 Å². The summed E-state index contributed by atoms with van der Waals surface area (Å²) in [4.78, 5) is 51.8. The van der Waals surface area contributed by atoms with Crippen LogP contribution >= 0.6 is 0 Å². The number of ether oxygens (including phenoxy) is 4. The predicted molar refractivity (Wildman–Crippen MR) is 115 cm³/mol. The Morgan fingerprint density at radius 2 is 1.79 bits per heavy atom. The summed E-state index contributed by atoms with van der Waals surface area (Å²) in [5.41, 5.74) is 1.43. The van der Waals surface area contributed by atoms with E-state index in [-0.39, 0.29) is 24.7 Å². The maximum atomic E-state index is 13.4. The van der Waals surface area contributed by atoms with Gasteiger partial charge in [0.2, 0.25) is 5.91 Å². The van der Waals surface area contributed by atoms with E-state index in [1.54, 1.807) is 38.1 Å². The molecule has 0 saturated carbocycles. The number of esters is 1. The highest BCUT2D eigenvalue weighted by molar-refractivity contribution is 5.98. The molecule has 1 aromatic carbocycles. The molecule has 2 aliphatic heterocycles. The maximum Gasteiger partial charge on any atom is 0.407 e. The van der Waals surface area contributed by atoms with Crippen molar-refractivity contribution in [3.05, 3.63) is 35.4 Å². The lowest BCUT2D eigenvalue weighted by atomic mass is 10.0. The first-order valence-electron chi connectivity index (χ1n) is 10.8. The van der Waals surface area contributed by atoms with Gasteiger partial charge in [-0.3, -0.25) is 9.59 Å². The van der Waals surface area contributed by atoms with E-state index in [1.807, 2.05) is 6.92 Å². The second-order valence-electron chi connectivity index (χ2n) is 8.55. The number of hydrogen-bond acceptors (Lipinski definition) is 8. The molecule has 0 radical (unpaired) electrons. The number of benzene rings is 1. The fourth-order valence-corrected chi connectivity index (χ4v) is 3.92. The largest absolute Gasteiger partial charge is 0.456 e. The zero-order valence-corrected chi connectivity index (χ0v) is 19.3. The van der Waals surface area contributed by atoms with Crippen molar-refractivity contribution in [3.8, 4) is 0 Å². The normalized spacial score (nSPS) is 20.0. The van der Waals surface area contributed by atoms with Crippen molar-refractivity contribution in [2.24, 2.45) is 5.92 Å². The van der Waals surface area contributed by atoms with E-state index in [9.17, 15) is 19.2 Å². The third-order valence-electron chi connectivity index (χ3n) is 5.77. The molecule has 10 heteroatoms. The van der Waals surface area contributed by atoms with Crippen molar-refractivity contribution in [1.29, 1.82) is 0 Å². The smallest absolute Gasteiger partial charge is 0.407 e. The standard InChI is InChI=1S/C23H30N2O8/c1-14(2)19(24-22(29)30-4)20(27)25-13-23(32-9-10-33-23)11-17(25)21(28)31-12-18(26)16-7-5-15(3)6-8-16/h5-8,14,17,19H,9-13H2,1-4H3,(H,24,29)/t17-,19-/m0/s1. The maximum absolute atomic E-state index is 13.4. The van der Waals surface area contributed by atoms with E-state index in [2.05, 4.69) is 10.1 Å². The fraction of sp³-hybridized carbons (Fsp3) is 0.565. The van der Waals surface area contributed by atoms with Crippen LogP contribution in [0.2, 0.25) is 0 Å². The lowest BCUT2D eigenvalue weighted by Crippen LogP contribution is -2.54. The van der Waals surface area contributed by atoms with E-state index >= 15 is 0 Å². The number of alkyl carbamates (subject to hydrolysis) is 1. The molecule has 33 heavy (non-hydrogen) atoms. The van der Waals surface area contributed by atoms with Gasteiger partial charge < -0.3 is 29.2 Å². The molecule has 1 aromatic rings. The summed E-state index contributed by atoms with van der Waals surface area (Å²) in [5.74, 6) is -2.97. The quantitative estimate of drug-likeness (QED) is 0.478. The highest BCUT2D eigenvalue weighted by Gasteiger charge is 2.54. The summed E-state index contributed by atoms with van der Waals surface area (Å²) < 4.78 is 21.3. The number of hydrogen-bond donors (Lipinski definition) is 1. The van der Waals surface area contributed by atoms with Gasteiger partial charge in [0, 0.05) is 12.0 Å². The van der Waals surface area contributed by atoms with E-state index in [1.165, 1.54) is 12.0 Å². The van der Waals surface area contributed by atoms with Crippen molar-refractivity contribution < 1.29 is 38.1 Å². The second-order valence-corrected chi connectivity index (χ2v) is 8.55. The van der Waals surface area contributed by atoms with Crippen molar-refractivity contribution in [3.63, 3.8) is 0 Å². The van der Waals surface area contributed by atoms with Crippen LogP contribution in [-0.4, -0.2) is 80.0 Å². The molecule has 1 N–H and O–H groups in total. The Morgan fingerprint density at radius 3 is 2.36 bits per heavy atom. The van der Waals surface area contributed by atoms with Gasteiger partial charge in [-0.2, -0.15) is 0 Å². The molecule has 2 heterocycles. The molecule has 2 fully saturated rings. The molecule has 0 aromatic heterocycles. The number of carbonyl (C=O) groups excluding carboxylic acids is 4. The molecule has 1 spiro atoms. The molecule has 2 aliphatic rings. The van der Waals surface area contributed by atoms with Crippen molar-refractivity contribution >= 4 is 23.8 Å². The van der Waals surface area contributed by atoms with Crippen LogP contribution in [0.4, 0.5) is 4.79 Å². The number of carbonyl (C=O) groups is 4. The van der Waals surface area contributed by atoms with Gasteiger partial charge in [-0.1, -0.05) is 43.7 Å². The molecule has 180 valence electrons. The summed E-state index contributed by atoms with van der Waals surface area (Å²) in [7, 11) is 1.20. The van der Waals surface area contributed by atoms with Gasteiger partial charge in [-0.25, -0.2) is 9.59 Å². The average Bonchev–Trinajstić information content (AvgIpc) is 3.42. The van der Waals surface area contributed by atoms with Gasteiger partial charge in [0.15, 0.2) is 18.2 Å². The molecule has 0 aliphatic carbocycles. The second kappa shape index (κ2) is 10.3. The van der Waals surface area contributed by atoms with Gasteiger partial charge >= 0.3 is 12.1 Å². The van der Waals surface area contributed by atoms with Crippen LogP contribution in [0.3, 0.4) is 0 Å². The van der Waals surface area contributed by atoms with Gasteiger partial charge in [0.25, 0.3) is 0 Å². The number of likely N-dealkylation sites (tertiary alicyclic amines) is 1. The minimum Gasteiger partial charge on any atom is -0.456 e. The number of nitrogens with zero attached hydrogens (tertiary/aromatic N) is 1. The van der Waals surface area contributed by atoms with Gasteiger partial charge in [-0.05, 0) is 12.8 Å². The molecule has 0 unspecified atom stereocenters. The number of rotatable bonds is 7. The summed E-state index contributed by atoms with van der Waals surface area (Å²) >= 11 is 0. The van der Waals surface area contributed by atoms with Crippen LogP contribution in [0.25, 0.3) is 0 Å². The minimum atomic E-state index is -1.12. The fourth-order valence-electron chi connectivity index (χ4n) is 3.92. The molecular formula is C23H30N2O8. The molecule has 2 amide bonds. The van der Waals surface area contributed by atoms with Gasteiger partial charge in [0.1, 0.15) is 12.1 Å². The average molecular weight is 462 g/mol. The Morgan fingerprint density at radius 1 is 1.15 bits per heavy atom. The minimum absolute atomic E-state index is 0.00355. The van der Waals surface area contributed by atoms with E-state index in [0.717, 1.165) is 5.56 Å². The molecule has 2 atom stereocenters. The lowest BCUT2D eigenvalue weighted by Gasteiger charge is -2.29. The van der Waals surface area contributed by atoms with Crippen LogP contribution in [0.1, 0.15) is 36.2 Å². The molecule has 2 saturated heterocycles. The third kappa shape index (κ3) is 5.69. The summed E-state index contributed by atoms with van der Waals surface area (Å²) in [6, 6.07) is 4.97. The number of aryl methyl sites for hydroxylation is 1. The Kier molecular flexibility index (Phi) is 7.70. The van der Waals surface area contributed by atoms with Crippen LogP contribution < -0.4 is 5.32 Å². The summed E-state index contributed by atoms with van der Waals surface area (Å²) in [6.45, 7) is 5.66. The number of Topliss-reactive ketones (excluding diaryl/α,β-unsaturated/α-hetero) is 1. The Balaban J connectivity index is 1.74. The Hall–Kier alpha value is -2.98. The van der Waals surface area contributed by atoms with Crippen LogP contribution in [0, 0.1) is 12.8 Å². The van der Waals surface area contributed by atoms with Gasteiger partial charge in [-0.15, -0.1) is 0 Å². The van der Waals surface area contributed by atoms with E-state index < -0.39 is 42.4 Å². The first kappa shape index (κ1) is 24.7. The summed E-state index contributed by atoms with van der Waals surface area (Å²) in [5, 5.41) is 2.52. The number of ketones is 1. The van der Waals surface area contributed by atoms with E-state index in [4.69, 9.17) is 14.2 Å². The zero-order valence-electron chi connectivity index (χ0n) is 19.3. The van der Waals surface area contributed by atoms with Crippen LogP contribution in [-0.2, 0) is 28.5 Å². The first-order valence-corrected chi connectivity index (χ1v) is 10.8. The molecular weight excluding hydrogens is 432 g/mol. The van der Waals surface area contributed by atoms with Crippen molar-refractivity contribution in [2.45, 2.75) is 45.1 Å². The SMILES string of the molecule is COC(=O)N[C@H](C(=O)N1CC2(C[C@H]1C(=O)OCC(=O)c1ccc(C)cc1)OCCO2)C(C)C. The highest BCUT2D eigenvalue weighted by atomic mass is 16.7. The molecule has 3 rings (SSSR count). The van der Waals surface area contributed by atoms with Gasteiger partial charge in [0.05, 0.1) is 26.9 Å². The number of amides is 2. The summed E-state index contributed by atoms with van der Waals surface area (Å²) in [6.07, 6.45) is -0.688. The highest BCUT2D eigenvalue weighted by Crippen LogP contribution is 2.36. The van der Waals surface area contributed by atoms with E-state index in [0.29, 0.717) is 18.8 Å². The molecule has 10 nitrogen and oxygen atoms in total. The van der Waals surface area contributed by atoms with Crippen LogP contribution in [0.15, 0.2) is 24.3 Å². The number of methoxy groups -OCH3 is 1. The third-order valence-corrected chi connectivity index (χ3v) is 5.77. The lowest BCUT2D eigenvalue weighted by molar-refractivity contribution is -0.153. The van der Waals surface area contributed by atoms with Crippen molar-refractivity contribution in [2.75, 3.05) is 33.5 Å². The van der Waals surface area contributed by atoms with Crippen LogP contribution in [0.5, 0.6) is 0 Å². The first-order chi connectivity index (χ1) is 15.7. The number of nitrogens with one attached hydrogen (secondary N) is 1. The Bertz CT molecular complexity index is 892. The monoisotopic (exact) mass is 462 g/mol. The zero-order chi connectivity index (χ0) is 24.2. The topological polar surface area (TPSA) is 120 Å². The predicted octanol–water partition coefficient (Wildman–Crippen LogP) is 1.45. The Labute approximate surface area is 192 Å².